The van der Waals surface area contributed by atoms with Crippen molar-refractivity contribution in [2.75, 3.05) is 5.32 Å². The van der Waals surface area contributed by atoms with Gasteiger partial charge in [-0.1, -0.05) is 23.4 Å². The molecule has 0 bridgehead atoms. The molecule has 20 heavy (non-hydrogen) atoms. The quantitative estimate of drug-likeness (QED) is 0.342. The highest BCUT2D eigenvalue weighted by Crippen LogP contribution is 2.12. The van der Waals surface area contributed by atoms with Crippen molar-refractivity contribution in [2.45, 2.75) is 6.92 Å². The van der Waals surface area contributed by atoms with E-state index in [1.165, 1.54) is 0 Å². The molecule has 0 saturated carbocycles. The minimum atomic E-state index is -0.314. The lowest BCUT2D eigenvalue weighted by Gasteiger charge is -2.07. The first-order chi connectivity index (χ1) is 9.60. The van der Waals surface area contributed by atoms with Gasteiger partial charge >= 0.3 is 0 Å². The molecule has 1 aromatic heterocycles. The van der Waals surface area contributed by atoms with Gasteiger partial charge in [0.25, 0.3) is 5.91 Å². The van der Waals surface area contributed by atoms with E-state index in [4.69, 9.17) is 10.9 Å². The van der Waals surface area contributed by atoms with Gasteiger partial charge in [0.05, 0.1) is 0 Å². The largest absolute Gasteiger partial charge is 0.409 e. The molecule has 0 unspecified atom stereocenters. The Morgan fingerprint density at radius 2 is 2.05 bits per heavy atom. The molecular formula is C14H14N4O2. The average molecular weight is 270 g/mol. The molecule has 1 amide bonds. The molecule has 0 saturated heterocycles. The number of aryl methyl sites for hydroxylation is 1. The molecule has 1 heterocycles. The zero-order valence-electron chi connectivity index (χ0n) is 10.9. The summed E-state index contributed by atoms with van der Waals surface area (Å²) in [6.45, 7) is 1.82. The third kappa shape index (κ3) is 3.11. The number of hydrogen-bond acceptors (Lipinski definition) is 4. The molecule has 6 heteroatoms. The van der Waals surface area contributed by atoms with Crippen LogP contribution in [0.3, 0.4) is 0 Å². The van der Waals surface area contributed by atoms with Crippen molar-refractivity contribution >= 4 is 17.4 Å². The molecule has 0 spiro atoms. The number of amides is 1. The Labute approximate surface area is 115 Å². The number of oxime groups is 1. The molecule has 2 rings (SSSR count). The molecule has 0 aliphatic heterocycles. The van der Waals surface area contributed by atoms with Crippen molar-refractivity contribution in [1.29, 1.82) is 0 Å². The molecule has 0 fully saturated rings. The van der Waals surface area contributed by atoms with Crippen LogP contribution in [0, 0.1) is 6.92 Å². The third-order valence-electron chi connectivity index (χ3n) is 2.64. The summed E-state index contributed by atoms with van der Waals surface area (Å²) in [5.41, 5.74) is 7.66. The van der Waals surface area contributed by atoms with Crippen LogP contribution < -0.4 is 11.1 Å². The predicted molar refractivity (Wildman–Crippen MR) is 75.9 cm³/mol. The van der Waals surface area contributed by atoms with Crippen molar-refractivity contribution in [2.24, 2.45) is 10.9 Å². The maximum absolute atomic E-state index is 12.0. The number of benzene rings is 1. The Kier molecular flexibility index (Phi) is 3.95. The van der Waals surface area contributed by atoms with E-state index in [2.05, 4.69) is 15.5 Å². The van der Waals surface area contributed by atoms with Gasteiger partial charge < -0.3 is 16.3 Å². The number of carbonyl (C=O) groups excluding carboxylic acids is 1. The fourth-order valence-electron chi connectivity index (χ4n) is 1.68. The Morgan fingerprint density at radius 1 is 1.30 bits per heavy atom. The lowest BCUT2D eigenvalue weighted by molar-refractivity contribution is 0.102. The van der Waals surface area contributed by atoms with Crippen LogP contribution in [-0.4, -0.2) is 21.9 Å². The molecule has 0 aliphatic rings. The van der Waals surface area contributed by atoms with Crippen LogP contribution in [0.15, 0.2) is 47.6 Å². The first kappa shape index (κ1) is 13.5. The van der Waals surface area contributed by atoms with Crippen LogP contribution in [-0.2, 0) is 0 Å². The van der Waals surface area contributed by atoms with Gasteiger partial charge in [0.15, 0.2) is 5.84 Å². The third-order valence-corrected chi connectivity index (χ3v) is 2.64. The van der Waals surface area contributed by atoms with E-state index in [-0.39, 0.29) is 11.7 Å². The van der Waals surface area contributed by atoms with Gasteiger partial charge in [0.1, 0.15) is 5.69 Å². The molecule has 6 nitrogen and oxygen atoms in total. The summed E-state index contributed by atoms with van der Waals surface area (Å²) in [5.74, 6) is -0.333. The Morgan fingerprint density at radius 3 is 2.75 bits per heavy atom. The van der Waals surface area contributed by atoms with Gasteiger partial charge in [-0.05, 0) is 31.2 Å². The molecule has 0 atom stereocenters. The van der Waals surface area contributed by atoms with E-state index >= 15 is 0 Å². The number of nitrogens with two attached hydrogens (primary N) is 1. The number of amidine groups is 1. The fourth-order valence-corrected chi connectivity index (χ4v) is 1.68. The molecule has 4 N–H and O–H groups in total. The standard InChI is InChI=1S/C14H14N4O2/c1-9-4-2-7-12(16-9)14(19)17-11-6-3-5-10(8-11)13(15)18-20/h2-8,20H,1H3,(H2,15,18)(H,17,19). The van der Waals surface area contributed by atoms with Gasteiger partial charge in [-0.15, -0.1) is 0 Å². The van der Waals surface area contributed by atoms with Crippen molar-refractivity contribution in [3.8, 4) is 0 Å². The molecule has 102 valence electrons. The molecular weight excluding hydrogens is 256 g/mol. The van der Waals surface area contributed by atoms with Gasteiger partial charge in [-0.3, -0.25) is 4.79 Å². The van der Waals surface area contributed by atoms with Gasteiger partial charge in [0, 0.05) is 16.9 Å². The lowest BCUT2D eigenvalue weighted by atomic mass is 10.2. The zero-order valence-corrected chi connectivity index (χ0v) is 10.9. The van der Waals surface area contributed by atoms with E-state index in [0.29, 0.717) is 16.9 Å². The minimum Gasteiger partial charge on any atom is -0.409 e. The smallest absolute Gasteiger partial charge is 0.274 e. The predicted octanol–water partition coefficient (Wildman–Crippen LogP) is 1.74. The highest BCUT2D eigenvalue weighted by atomic mass is 16.4. The minimum absolute atomic E-state index is 0.0187. The molecule has 0 aliphatic carbocycles. The van der Waals surface area contributed by atoms with Crippen LogP contribution in [0.25, 0.3) is 0 Å². The van der Waals surface area contributed by atoms with Gasteiger partial charge in [0.2, 0.25) is 0 Å². The number of carbonyl (C=O) groups is 1. The van der Waals surface area contributed by atoms with Crippen LogP contribution in [0.5, 0.6) is 0 Å². The highest BCUT2D eigenvalue weighted by molar-refractivity contribution is 6.04. The number of rotatable bonds is 3. The number of aromatic nitrogens is 1. The van der Waals surface area contributed by atoms with E-state index in [9.17, 15) is 4.79 Å². The number of pyridine rings is 1. The number of anilines is 1. The summed E-state index contributed by atoms with van der Waals surface area (Å²) in [5, 5.41) is 14.3. The van der Waals surface area contributed by atoms with Crippen molar-refractivity contribution in [1.82, 2.24) is 4.98 Å². The molecule has 2 aromatic rings. The SMILES string of the molecule is Cc1cccc(C(=O)Nc2cccc(/C(N)=N/O)c2)n1. The normalized spacial score (nSPS) is 11.2. The zero-order chi connectivity index (χ0) is 14.5. The van der Waals surface area contributed by atoms with Gasteiger partial charge in [-0.2, -0.15) is 0 Å². The van der Waals surface area contributed by atoms with E-state index in [1.807, 2.05) is 13.0 Å². The topological polar surface area (TPSA) is 101 Å². The maximum atomic E-state index is 12.0. The average Bonchev–Trinajstić information content (AvgIpc) is 2.46. The Bertz CT molecular complexity index is 668. The van der Waals surface area contributed by atoms with E-state index < -0.39 is 0 Å². The second kappa shape index (κ2) is 5.83. The highest BCUT2D eigenvalue weighted by Gasteiger charge is 2.08. The summed E-state index contributed by atoms with van der Waals surface area (Å²) in [6, 6.07) is 11.9. The van der Waals surface area contributed by atoms with Crippen molar-refractivity contribution < 1.29 is 10.0 Å². The molecule has 1 aromatic carbocycles. The van der Waals surface area contributed by atoms with Crippen molar-refractivity contribution in [3.05, 3.63) is 59.4 Å². The first-order valence-corrected chi connectivity index (χ1v) is 5.93. The number of hydrogen-bond donors (Lipinski definition) is 3. The lowest BCUT2D eigenvalue weighted by Crippen LogP contribution is -2.16. The van der Waals surface area contributed by atoms with Gasteiger partial charge in [-0.25, -0.2) is 4.98 Å². The first-order valence-electron chi connectivity index (χ1n) is 5.93. The van der Waals surface area contributed by atoms with E-state index in [1.54, 1.807) is 36.4 Å². The van der Waals surface area contributed by atoms with Crippen LogP contribution >= 0.6 is 0 Å². The monoisotopic (exact) mass is 270 g/mol. The number of nitrogens with zero attached hydrogens (tertiary/aromatic N) is 2. The Hall–Kier alpha value is -2.89. The Balaban J connectivity index is 2.20. The van der Waals surface area contributed by atoms with Crippen LogP contribution in [0.2, 0.25) is 0 Å². The second-order valence-corrected chi connectivity index (χ2v) is 4.18. The summed E-state index contributed by atoms with van der Waals surface area (Å²) >= 11 is 0. The summed E-state index contributed by atoms with van der Waals surface area (Å²) in [6.07, 6.45) is 0. The van der Waals surface area contributed by atoms with E-state index in [0.717, 1.165) is 5.69 Å². The second-order valence-electron chi connectivity index (χ2n) is 4.18. The van der Waals surface area contributed by atoms with Crippen LogP contribution in [0.4, 0.5) is 5.69 Å². The summed E-state index contributed by atoms with van der Waals surface area (Å²) < 4.78 is 0. The summed E-state index contributed by atoms with van der Waals surface area (Å²) in [7, 11) is 0. The van der Waals surface area contributed by atoms with Crippen molar-refractivity contribution in [3.63, 3.8) is 0 Å². The number of nitrogens with one attached hydrogen (secondary N) is 1. The van der Waals surface area contributed by atoms with Crippen LogP contribution in [0.1, 0.15) is 21.7 Å². The summed E-state index contributed by atoms with van der Waals surface area (Å²) in [4.78, 5) is 16.2. The fraction of sp³-hybridized carbons (Fsp3) is 0.0714. The maximum Gasteiger partial charge on any atom is 0.274 e. The molecule has 0 radical (unpaired) electrons.